The Morgan fingerprint density at radius 2 is 1.97 bits per heavy atom. The van der Waals surface area contributed by atoms with Crippen molar-refractivity contribution in [1.29, 1.82) is 0 Å². The number of carbonyl (C=O) groups excluding carboxylic acids is 1. The van der Waals surface area contributed by atoms with E-state index in [4.69, 9.17) is 16.3 Å². The molecule has 0 aliphatic heterocycles. The number of ether oxygens (including phenoxy) is 1. The highest BCUT2D eigenvalue weighted by Gasteiger charge is 2.17. The fourth-order valence-corrected chi connectivity index (χ4v) is 5.76. The van der Waals surface area contributed by atoms with E-state index in [1.807, 2.05) is 23.6 Å². The summed E-state index contributed by atoms with van der Waals surface area (Å²) in [6, 6.07) is 11.8. The molecule has 0 spiro atoms. The average Bonchev–Trinajstić information content (AvgIpc) is 3.02. The summed E-state index contributed by atoms with van der Waals surface area (Å²) in [6.45, 7) is 2.92. The van der Waals surface area contributed by atoms with Gasteiger partial charge in [0, 0.05) is 25.1 Å². The second-order valence-corrected chi connectivity index (χ2v) is 10.0. The number of carbonyl (C=O) groups is 1. The molecule has 0 radical (unpaired) electrons. The zero-order valence-electron chi connectivity index (χ0n) is 16.1. The smallest absolute Gasteiger partial charge is 0.249 e. The summed E-state index contributed by atoms with van der Waals surface area (Å²) < 4.78 is 32.8. The minimum Gasteiger partial charge on any atom is -0.383 e. The van der Waals surface area contributed by atoms with Gasteiger partial charge in [0.25, 0.3) is 0 Å². The molecule has 0 fully saturated rings. The van der Waals surface area contributed by atoms with E-state index in [-0.39, 0.29) is 17.1 Å². The highest BCUT2D eigenvalue weighted by Crippen LogP contribution is 2.25. The number of amides is 1. The van der Waals surface area contributed by atoms with Gasteiger partial charge in [0.1, 0.15) is 0 Å². The van der Waals surface area contributed by atoms with Crippen molar-refractivity contribution in [2.24, 2.45) is 4.99 Å². The van der Waals surface area contributed by atoms with E-state index in [2.05, 4.69) is 4.99 Å². The predicted molar refractivity (Wildman–Crippen MR) is 115 cm³/mol. The summed E-state index contributed by atoms with van der Waals surface area (Å²) in [7, 11) is -1.92. The number of benzene rings is 2. The normalized spacial score (nSPS) is 12.6. The number of rotatable bonds is 7. The van der Waals surface area contributed by atoms with E-state index in [0.29, 0.717) is 23.0 Å². The van der Waals surface area contributed by atoms with E-state index in [0.717, 1.165) is 15.8 Å². The minimum absolute atomic E-state index is 0.185. The molecule has 0 N–H and O–H groups in total. The van der Waals surface area contributed by atoms with Gasteiger partial charge in [-0.25, -0.2) is 8.42 Å². The van der Waals surface area contributed by atoms with Gasteiger partial charge in [0.05, 0.1) is 27.5 Å². The summed E-state index contributed by atoms with van der Waals surface area (Å²) in [5, 5.41) is 0.613. The molecule has 154 valence electrons. The quantitative estimate of drug-likeness (QED) is 0.548. The lowest BCUT2D eigenvalue weighted by Gasteiger charge is -2.07. The Labute approximate surface area is 178 Å². The second kappa shape index (κ2) is 9.21. The van der Waals surface area contributed by atoms with Crippen LogP contribution in [0.15, 0.2) is 52.4 Å². The first-order chi connectivity index (χ1) is 13.8. The molecule has 0 atom stereocenters. The summed E-state index contributed by atoms with van der Waals surface area (Å²) in [5.41, 5.74) is 1.92. The van der Waals surface area contributed by atoms with Crippen LogP contribution in [0.4, 0.5) is 0 Å². The average molecular weight is 453 g/mol. The Balaban J connectivity index is 1.90. The van der Waals surface area contributed by atoms with Gasteiger partial charge in [-0.3, -0.25) is 4.79 Å². The van der Waals surface area contributed by atoms with Gasteiger partial charge >= 0.3 is 0 Å². The van der Waals surface area contributed by atoms with Gasteiger partial charge in [0.15, 0.2) is 14.6 Å². The van der Waals surface area contributed by atoms with Crippen molar-refractivity contribution in [1.82, 2.24) is 4.57 Å². The molecule has 0 bridgehead atoms. The van der Waals surface area contributed by atoms with E-state index in [1.54, 1.807) is 25.3 Å². The van der Waals surface area contributed by atoms with Crippen LogP contribution < -0.4 is 4.80 Å². The Bertz CT molecular complexity index is 1200. The first kappa shape index (κ1) is 21.7. The van der Waals surface area contributed by atoms with E-state index >= 15 is 0 Å². The maximum absolute atomic E-state index is 12.5. The molecule has 0 unspecified atom stereocenters. The van der Waals surface area contributed by atoms with Gasteiger partial charge in [-0.2, -0.15) is 4.99 Å². The number of hydrogen-bond donors (Lipinski definition) is 0. The van der Waals surface area contributed by atoms with Crippen LogP contribution in [0, 0.1) is 6.92 Å². The third-order valence-electron chi connectivity index (χ3n) is 4.36. The number of sulfone groups is 1. The lowest BCUT2D eigenvalue weighted by molar-refractivity contribution is -0.117. The lowest BCUT2D eigenvalue weighted by atomic mass is 10.2. The van der Waals surface area contributed by atoms with Crippen molar-refractivity contribution in [3.63, 3.8) is 0 Å². The number of nitrogens with zero attached hydrogens (tertiary/aromatic N) is 2. The predicted octanol–water partition coefficient (Wildman–Crippen LogP) is 3.60. The first-order valence-corrected chi connectivity index (χ1v) is 11.8. The number of fused-ring (bicyclic) bond motifs is 1. The van der Waals surface area contributed by atoms with Gasteiger partial charge in [-0.05, 0) is 36.8 Å². The van der Waals surface area contributed by atoms with Gasteiger partial charge in [-0.15, -0.1) is 0 Å². The maximum atomic E-state index is 12.5. The zero-order chi connectivity index (χ0) is 21.0. The third kappa shape index (κ3) is 5.14. The van der Waals surface area contributed by atoms with Crippen molar-refractivity contribution in [2.45, 2.75) is 24.8 Å². The van der Waals surface area contributed by atoms with Gasteiger partial charge in [-0.1, -0.05) is 41.1 Å². The minimum atomic E-state index is -3.53. The number of thiazole rings is 1. The molecule has 29 heavy (non-hydrogen) atoms. The monoisotopic (exact) mass is 452 g/mol. The second-order valence-electron chi connectivity index (χ2n) is 6.49. The van der Waals surface area contributed by atoms with Crippen LogP contribution in [0.3, 0.4) is 0 Å². The van der Waals surface area contributed by atoms with E-state index < -0.39 is 15.7 Å². The van der Waals surface area contributed by atoms with E-state index in [1.165, 1.54) is 23.5 Å². The Morgan fingerprint density at radius 3 is 2.66 bits per heavy atom. The molecular weight excluding hydrogens is 432 g/mol. The van der Waals surface area contributed by atoms with Crippen molar-refractivity contribution in [2.75, 3.05) is 19.5 Å². The van der Waals surface area contributed by atoms with Crippen LogP contribution >= 0.6 is 22.9 Å². The summed E-state index contributed by atoms with van der Waals surface area (Å²) >= 11 is 7.51. The molecule has 1 heterocycles. The van der Waals surface area contributed by atoms with Crippen LogP contribution in [0.2, 0.25) is 5.02 Å². The Kier molecular flexibility index (Phi) is 6.89. The number of aryl methyl sites for hydroxylation is 1. The van der Waals surface area contributed by atoms with Crippen LogP contribution in [-0.4, -0.2) is 38.4 Å². The van der Waals surface area contributed by atoms with Crippen LogP contribution in [0.1, 0.15) is 12.0 Å². The van der Waals surface area contributed by atoms with Gasteiger partial charge in [0.2, 0.25) is 5.91 Å². The van der Waals surface area contributed by atoms with Crippen molar-refractivity contribution in [3.05, 3.63) is 57.9 Å². The molecule has 1 amide bonds. The van der Waals surface area contributed by atoms with Crippen LogP contribution in [0.5, 0.6) is 0 Å². The lowest BCUT2D eigenvalue weighted by Crippen LogP contribution is -2.20. The molecule has 0 aliphatic carbocycles. The Morgan fingerprint density at radius 1 is 1.24 bits per heavy atom. The molecule has 0 saturated carbocycles. The molecule has 3 aromatic rings. The van der Waals surface area contributed by atoms with E-state index in [9.17, 15) is 13.2 Å². The fourth-order valence-electron chi connectivity index (χ4n) is 2.98. The number of aromatic nitrogens is 1. The first-order valence-electron chi connectivity index (χ1n) is 8.95. The molecule has 9 heteroatoms. The van der Waals surface area contributed by atoms with Crippen molar-refractivity contribution >= 4 is 48.9 Å². The molecule has 1 aromatic heterocycles. The third-order valence-corrected chi connectivity index (χ3v) is 7.33. The SMILES string of the molecule is COCCn1c(=NC(=O)CCS(=O)(=O)c2ccccc2)sc2cc(Cl)cc(C)c21. The number of hydrogen-bond acceptors (Lipinski definition) is 5. The van der Waals surface area contributed by atoms with Crippen molar-refractivity contribution in [3.8, 4) is 0 Å². The molecule has 2 aromatic carbocycles. The standard InChI is InChI=1S/C20H21ClN2O4S2/c1-14-12-15(21)13-17-19(14)23(9-10-27-2)20(28-17)22-18(24)8-11-29(25,26)16-6-4-3-5-7-16/h3-7,12-13H,8-11H2,1-2H3. The zero-order valence-corrected chi connectivity index (χ0v) is 18.5. The van der Waals surface area contributed by atoms with Gasteiger partial charge < -0.3 is 9.30 Å². The topological polar surface area (TPSA) is 77.7 Å². The maximum Gasteiger partial charge on any atom is 0.249 e. The number of halogens is 1. The fraction of sp³-hybridized carbons (Fsp3) is 0.300. The van der Waals surface area contributed by atoms with Crippen molar-refractivity contribution < 1.29 is 17.9 Å². The molecule has 0 saturated heterocycles. The highest BCUT2D eigenvalue weighted by atomic mass is 35.5. The number of methoxy groups -OCH3 is 1. The molecule has 6 nitrogen and oxygen atoms in total. The highest BCUT2D eigenvalue weighted by molar-refractivity contribution is 7.91. The Hall–Kier alpha value is -2.00. The molecule has 0 aliphatic rings. The molecule has 3 rings (SSSR count). The summed E-state index contributed by atoms with van der Waals surface area (Å²) in [6.07, 6.45) is -0.185. The van der Waals surface area contributed by atoms with Crippen LogP contribution in [0.25, 0.3) is 10.2 Å². The summed E-state index contributed by atoms with van der Waals surface area (Å²) in [4.78, 5) is 17.4. The molecular formula is C20H21ClN2O4S2. The summed E-state index contributed by atoms with van der Waals surface area (Å²) in [5.74, 6) is -0.765. The largest absolute Gasteiger partial charge is 0.383 e. The van der Waals surface area contributed by atoms with Crippen LogP contribution in [-0.2, 0) is 25.9 Å².